The second-order valence-corrected chi connectivity index (χ2v) is 7.58. The third-order valence-electron chi connectivity index (χ3n) is 4.59. The summed E-state index contributed by atoms with van der Waals surface area (Å²) < 4.78 is 24.0. The highest BCUT2D eigenvalue weighted by Crippen LogP contribution is 2.26. The summed E-state index contributed by atoms with van der Waals surface area (Å²) in [4.78, 5) is 12.3. The highest BCUT2D eigenvalue weighted by Gasteiger charge is 2.15. The van der Waals surface area contributed by atoms with Gasteiger partial charge in [0.1, 0.15) is 23.9 Å². The molecule has 2 aromatic carbocycles. The highest BCUT2D eigenvalue weighted by atomic mass is 35.5. The molecule has 0 aliphatic rings. The number of benzene rings is 2. The van der Waals surface area contributed by atoms with Crippen molar-refractivity contribution in [3.8, 4) is 5.75 Å². The van der Waals surface area contributed by atoms with Gasteiger partial charge in [-0.1, -0.05) is 49.7 Å². The van der Waals surface area contributed by atoms with E-state index in [1.54, 1.807) is 6.07 Å². The predicted octanol–water partition coefficient (Wildman–Crippen LogP) is 5.24. The molecule has 0 aliphatic heterocycles. The average molecular weight is 432 g/mol. The summed E-state index contributed by atoms with van der Waals surface area (Å²) in [5, 5.41) is 13.1. The zero-order valence-electron chi connectivity index (χ0n) is 16.7. The number of ether oxygens (including phenoxy) is 1. The molecule has 158 valence electrons. The Morgan fingerprint density at radius 3 is 2.50 bits per heavy atom. The van der Waals surface area contributed by atoms with E-state index < -0.39 is 17.8 Å². The monoisotopic (exact) mass is 431 g/mol. The number of carbonyl (C=O) groups excluding carboxylic acids is 1. The van der Waals surface area contributed by atoms with Gasteiger partial charge < -0.3 is 19.6 Å². The summed E-state index contributed by atoms with van der Waals surface area (Å²) in [5.41, 5.74) is 1.91. The lowest BCUT2D eigenvalue weighted by Crippen LogP contribution is -2.28. The lowest BCUT2D eigenvalue weighted by atomic mass is 10.00. The molecular formula is C23H23ClFNO4. The van der Waals surface area contributed by atoms with Gasteiger partial charge in [-0.15, -0.1) is 0 Å². The summed E-state index contributed by atoms with van der Waals surface area (Å²) >= 11 is 5.91. The number of aliphatic hydroxyl groups excluding tert-OH is 1. The van der Waals surface area contributed by atoms with Crippen LogP contribution in [0.4, 0.5) is 4.39 Å². The fourth-order valence-corrected chi connectivity index (χ4v) is 3.04. The number of rotatable bonds is 8. The maximum atomic E-state index is 13.1. The number of hydrogen-bond donors (Lipinski definition) is 2. The number of hydrogen-bond acceptors (Lipinski definition) is 4. The van der Waals surface area contributed by atoms with Crippen LogP contribution >= 0.6 is 11.6 Å². The van der Waals surface area contributed by atoms with E-state index in [2.05, 4.69) is 19.2 Å². The van der Waals surface area contributed by atoms with Gasteiger partial charge in [-0.25, -0.2) is 4.39 Å². The molecule has 0 fully saturated rings. The summed E-state index contributed by atoms with van der Waals surface area (Å²) in [6, 6.07) is 14.6. The first-order valence-corrected chi connectivity index (χ1v) is 9.94. The average Bonchev–Trinajstić information content (AvgIpc) is 3.20. The van der Waals surface area contributed by atoms with Crippen molar-refractivity contribution in [1.82, 2.24) is 5.32 Å². The molecular weight excluding hydrogens is 409 g/mol. The molecule has 0 aliphatic carbocycles. The Balaban J connectivity index is 1.51. The van der Waals surface area contributed by atoms with Crippen LogP contribution < -0.4 is 10.1 Å². The molecule has 3 rings (SSSR count). The normalized spacial score (nSPS) is 12.1. The molecule has 0 radical (unpaired) electrons. The summed E-state index contributed by atoms with van der Waals surface area (Å²) in [6.07, 6.45) is -0.825. The lowest BCUT2D eigenvalue weighted by Gasteiger charge is -2.13. The minimum atomic E-state index is -0.825. The molecule has 2 N–H and O–H groups in total. The predicted molar refractivity (Wildman–Crippen MR) is 112 cm³/mol. The van der Waals surface area contributed by atoms with Crippen molar-refractivity contribution in [1.29, 1.82) is 0 Å². The van der Waals surface area contributed by atoms with Crippen LogP contribution in [0.5, 0.6) is 5.75 Å². The maximum Gasteiger partial charge on any atom is 0.287 e. The molecule has 1 amide bonds. The Labute approximate surface area is 179 Å². The number of nitrogens with one attached hydrogen (secondary N) is 1. The van der Waals surface area contributed by atoms with Crippen LogP contribution in [0.1, 0.15) is 53.3 Å². The van der Waals surface area contributed by atoms with Gasteiger partial charge in [-0.2, -0.15) is 0 Å². The molecule has 1 aromatic heterocycles. The molecule has 3 aromatic rings. The van der Waals surface area contributed by atoms with Gasteiger partial charge in [0, 0.05) is 6.54 Å². The molecule has 1 heterocycles. The van der Waals surface area contributed by atoms with Gasteiger partial charge in [-0.05, 0) is 47.4 Å². The largest absolute Gasteiger partial charge is 0.484 e. The van der Waals surface area contributed by atoms with E-state index in [1.807, 2.05) is 24.3 Å². The number of aliphatic hydroxyl groups is 1. The first-order valence-electron chi connectivity index (χ1n) is 9.56. The van der Waals surface area contributed by atoms with Crippen molar-refractivity contribution >= 4 is 17.5 Å². The first kappa shape index (κ1) is 21.9. The van der Waals surface area contributed by atoms with Gasteiger partial charge in [0.15, 0.2) is 5.76 Å². The molecule has 1 atom stereocenters. The van der Waals surface area contributed by atoms with Gasteiger partial charge in [-0.3, -0.25) is 4.79 Å². The van der Waals surface area contributed by atoms with Gasteiger partial charge in [0.25, 0.3) is 5.91 Å². The summed E-state index contributed by atoms with van der Waals surface area (Å²) in [6.45, 7) is 4.28. The van der Waals surface area contributed by atoms with Crippen LogP contribution in [-0.2, 0) is 6.61 Å². The fraction of sp³-hybridized carbons (Fsp3) is 0.261. The van der Waals surface area contributed by atoms with Crippen molar-refractivity contribution in [2.45, 2.75) is 32.5 Å². The van der Waals surface area contributed by atoms with Gasteiger partial charge in [0.2, 0.25) is 0 Å². The van der Waals surface area contributed by atoms with Crippen LogP contribution in [0.15, 0.2) is 59.0 Å². The number of furan rings is 1. The van der Waals surface area contributed by atoms with Crippen LogP contribution in [0.2, 0.25) is 5.02 Å². The smallest absolute Gasteiger partial charge is 0.287 e. The number of carbonyl (C=O) groups is 1. The molecule has 0 saturated carbocycles. The van der Waals surface area contributed by atoms with E-state index in [0.717, 1.165) is 11.6 Å². The topological polar surface area (TPSA) is 71.7 Å². The van der Waals surface area contributed by atoms with E-state index in [0.29, 0.717) is 17.4 Å². The highest BCUT2D eigenvalue weighted by molar-refractivity contribution is 6.32. The van der Waals surface area contributed by atoms with Crippen molar-refractivity contribution < 1.29 is 23.4 Å². The van der Waals surface area contributed by atoms with Crippen LogP contribution in [0, 0.1) is 5.82 Å². The van der Waals surface area contributed by atoms with E-state index in [1.165, 1.54) is 23.8 Å². The van der Waals surface area contributed by atoms with Crippen molar-refractivity contribution in [2.24, 2.45) is 0 Å². The standard InChI is InChI=1S/C23H23ClFNO4/c1-14(2)15-3-5-16(6-4-15)20(27)12-26-23(28)22-10-8-18(30-22)13-29-21-9-7-17(25)11-19(21)24/h3-11,14,20,27H,12-13H2,1-2H3,(H,26,28). The van der Waals surface area contributed by atoms with Crippen LogP contribution in [0.25, 0.3) is 0 Å². The molecule has 0 bridgehead atoms. The summed E-state index contributed by atoms with van der Waals surface area (Å²) in [7, 11) is 0. The van der Waals surface area contributed by atoms with Gasteiger partial charge in [0.05, 0.1) is 11.1 Å². The van der Waals surface area contributed by atoms with E-state index in [9.17, 15) is 14.3 Å². The molecule has 0 spiro atoms. The first-order chi connectivity index (χ1) is 14.3. The molecule has 5 nitrogen and oxygen atoms in total. The van der Waals surface area contributed by atoms with Crippen molar-refractivity contribution in [3.05, 3.63) is 88.1 Å². The SMILES string of the molecule is CC(C)c1ccc(C(O)CNC(=O)c2ccc(COc3ccc(F)cc3Cl)o2)cc1. The molecule has 1 unspecified atom stereocenters. The molecule has 30 heavy (non-hydrogen) atoms. The summed E-state index contributed by atoms with van der Waals surface area (Å²) in [5.74, 6) is 0.326. The Hall–Kier alpha value is -2.83. The molecule has 7 heteroatoms. The third-order valence-corrected chi connectivity index (χ3v) is 4.89. The second kappa shape index (κ2) is 9.78. The number of halogens is 2. The third kappa shape index (κ3) is 5.62. The van der Waals surface area contributed by atoms with E-state index in [-0.39, 0.29) is 23.9 Å². The Bertz CT molecular complexity index is 1000. The zero-order chi connectivity index (χ0) is 21.7. The minimum absolute atomic E-state index is 0.0312. The Morgan fingerprint density at radius 2 is 1.83 bits per heavy atom. The zero-order valence-corrected chi connectivity index (χ0v) is 17.4. The number of amides is 1. The van der Waals surface area contributed by atoms with Crippen LogP contribution in [-0.4, -0.2) is 17.6 Å². The molecule has 0 saturated heterocycles. The van der Waals surface area contributed by atoms with Crippen molar-refractivity contribution in [3.63, 3.8) is 0 Å². The van der Waals surface area contributed by atoms with Crippen molar-refractivity contribution in [2.75, 3.05) is 6.54 Å². The lowest BCUT2D eigenvalue weighted by molar-refractivity contribution is 0.0885. The maximum absolute atomic E-state index is 13.1. The van der Waals surface area contributed by atoms with E-state index in [4.69, 9.17) is 20.8 Å². The van der Waals surface area contributed by atoms with E-state index >= 15 is 0 Å². The quantitative estimate of drug-likeness (QED) is 0.511. The Kier molecular flexibility index (Phi) is 7.13. The second-order valence-electron chi connectivity index (χ2n) is 7.18. The van der Waals surface area contributed by atoms with Gasteiger partial charge >= 0.3 is 0 Å². The van der Waals surface area contributed by atoms with Crippen LogP contribution in [0.3, 0.4) is 0 Å². The fourth-order valence-electron chi connectivity index (χ4n) is 2.82. The minimum Gasteiger partial charge on any atom is -0.484 e. The Morgan fingerprint density at radius 1 is 1.13 bits per heavy atom.